The quantitative estimate of drug-likeness (QED) is 0.475. The van der Waals surface area contributed by atoms with Crippen LogP contribution in [0.3, 0.4) is 0 Å². The Labute approximate surface area is 201 Å². The van der Waals surface area contributed by atoms with Crippen LogP contribution in [0.1, 0.15) is 50.3 Å². The second kappa shape index (κ2) is 12.1. The third kappa shape index (κ3) is 7.14. The topological polar surface area (TPSA) is 58.6 Å². The van der Waals surface area contributed by atoms with Gasteiger partial charge in [-0.15, -0.1) is 0 Å². The monoisotopic (exact) mass is 478 g/mol. The highest BCUT2D eigenvalue weighted by molar-refractivity contribution is 6.42. The van der Waals surface area contributed by atoms with E-state index in [0.29, 0.717) is 22.2 Å². The van der Waals surface area contributed by atoms with Gasteiger partial charge in [-0.3, -0.25) is 9.59 Å². The Morgan fingerprint density at radius 1 is 1.03 bits per heavy atom. The minimum atomic E-state index is -0.631. The molecule has 0 unspecified atom stereocenters. The number of carbonyl (C=O) groups excluding carboxylic acids is 2. The Bertz CT molecular complexity index is 949. The maximum Gasteiger partial charge on any atom is 0.261 e. The zero-order chi connectivity index (χ0) is 23.8. The van der Waals surface area contributed by atoms with Gasteiger partial charge in [0.25, 0.3) is 5.91 Å². The van der Waals surface area contributed by atoms with Crippen molar-refractivity contribution in [3.63, 3.8) is 0 Å². The summed E-state index contributed by atoms with van der Waals surface area (Å²) in [4.78, 5) is 27.8. The van der Waals surface area contributed by atoms with Crippen LogP contribution in [0.25, 0.3) is 0 Å². The summed E-state index contributed by atoms with van der Waals surface area (Å²) in [6, 6.07) is 10.4. The Morgan fingerprint density at radius 3 is 2.34 bits per heavy atom. The smallest absolute Gasteiger partial charge is 0.261 e. The van der Waals surface area contributed by atoms with Gasteiger partial charge in [0.1, 0.15) is 11.8 Å². The summed E-state index contributed by atoms with van der Waals surface area (Å²) < 4.78 is 5.82. The van der Waals surface area contributed by atoms with Gasteiger partial charge in [-0.25, -0.2) is 0 Å². The van der Waals surface area contributed by atoms with Crippen LogP contribution in [0.5, 0.6) is 5.75 Å². The molecule has 5 nitrogen and oxygen atoms in total. The molecule has 0 aromatic heterocycles. The molecule has 0 bridgehead atoms. The van der Waals surface area contributed by atoms with Crippen molar-refractivity contribution in [2.75, 3.05) is 6.61 Å². The SMILES string of the molecule is CC[C@H](C)NC(=O)[C@H](CC)N(Cc1ccc(Cl)c(Cl)c1)C(=O)COc1ccc(C)cc1C. The number of amides is 2. The number of aryl methyl sites for hydroxylation is 2. The molecular weight excluding hydrogens is 447 g/mol. The number of nitrogens with one attached hydrogen (secondary N) is 1. The van der Waals surface area contributed by atoms with Crippen molar-refractivity contribution < 1.29 is 14.3 Å². The lowest BCUT2D eigenvalue weighted by Gasteiger charge is -2.31. The zero-order valence-corrected chi connectivity index (χ0v) is 20.9. The number of hydrogen-bond acceptors (Lipinski definition) is 3. The fraction of sp³-hybridized carbons (Fsp3) is 0.440. The number of hydrogen-bond donors (Lipinski definition) is 1. The summed E-state index contributed by atoms with van der Waals surface area (Å²) in [7, 11) is 0. The molecule has 0 saturated heterocycles. The van der Waals surface area contributed by atoms with E-state index >= 15 is 0 Å². The van der Waals surface area contributed by atoms with E-state index in [1.54, 1.807) is 23.1 Å². The Morgan fingerprint density at radius 2 is 1.75 bits per heavy atom. The lowest BCUT2D eigenvalue weighted by molar-refractivity contribution is -0.143. The van der Waals surface area contributed by atoms with Crippen molar-refractivity contribution in [3.05, 3.63) is 63.1 Å². The second-order valence-electron chi connectivity index (χ2n) is 8.07. The van der Waals surface area contributed by atoms with E-state index in [4.69, 9.17) is 27.9 Å². The molecule has 2 rings (SSSR count). The van der Waals surface area contributed by atoms with Gasteiger partial charge < -0.3 is 15.0 Å². The molecule has 0 heterocycles. The summed E-state index contributed by atoms with van der Waals surface area (Å²) in [6.45, 7) is 9.83. The highest BCUT2D eigenvalue weighted by atomic mass is 35.5. The molecular formula is C25H32Cl2N2O3. The molecule has 2 amide bonds. The van der Waals surface area contributed by atoms with E-state index < -0.39 is 6.04 Å². The Hall–Kier alpha value is -2.24. The molecule has 0 saturated carbocycles. The van der Waals surface area contributed by atoms with E-state index in [-0.39, 0.29) is 31.0 Å². The van der Waals surface area contributed by atoms with E-state index in [1.807, 2.05) is 52.8 Å². The Kier molecular flexibility index (Phi) is 9.85. The van der Waals surface area contributed by atoms with Crippen LogP contribution in [0, 0.1) is 13.8 Å². The molecule has 0 aliphatic carbocycles. The maximum absolute atomic E-state index is 13.3. The second-order valence-corrected chi connectivity index (χ2v) is 8.88. The Balaban J connectivity index is 2.26. The number of carbonyl (C=O) groups is 2. The molecule has 0 spiro atoms. The first kappa shape index (κ1) is 26.0. The van der Waals surface area contributed by atoms with E-state index in [0.717, 1.165) is 23.1 Å². The first-order valence-electron chi connectivity index (χ1n) is 10.9. The van der Waals surface area contributed by atoms with Gasteiger partial charge in [0.2, 0.25) is 5.91 Å². The van der Waals surface area contributed by atoms with E-state index in [1.165, 1.54) is 0 Å². The van der Waals surface area contributed by atoms with Gasteiger partial charge in [0.15, 0.2) is 6.61 Å². The summed E-state index contributed by atoms with van der Waals surface area (Å²) >= 11 is 12.2. The van der Waals surface area contributed by atoms with Crippen LogP contribution in [0.2, 0.25) is 10.0 Å². The molecule has 174 valence electrons. The van der Waals surface area contributed by atoms with Gasteiger partial charge in [-0.1, -0.05) is 60.8 Å². The lowest BCUT2D eigenvalue weighted by Crippen LogP contribution is -2.51. The fourth-order valence-electron chi connectivity index (χ4n) is 3.38. The number of ether oxygens (including phenoxy) is 1. The van der Waals surface area contributed by atoms with Crippen molar-refractivity contribution >= 4 is 35.0 Å². The van der Waals surface area contributed by atoms with Crippen molar-refractivity contribution in [2.24, 2.45) is 0 Å². The summed E-state index contributed by atoms with van der Waals surface area (Å²) in [6.07, 6.45) is 1.28. The predicted molar refractivity (Wildman–Crippen MR) is 130 cm³/mol. The fourth-order valence-corrected chi connectivity index (χ4v) is 3.70. The van der Waals surface area contributed by atoms with Gasteiger partial charge in [0, 0.05) is 12.6 Å². The molecule has 0 radical (unpaired) electrons. The molecule has 2 aromatic carbocycles. The molecule has 0 aliphatic heterocycles. The van der Waals surface area contributed by atoms with E-state index in [9.17, 15) is 9.59 Å². The summed E-state index contributed by atoms with van der Waals surface area (Å²) in [5.74, 6) is 0.194. The van der Waals surface area contributed by atoms with Crippen LogP contribution in [-0.4, -0.2) is 35.4 Å². The molecule has 7 heteroatoms. The molecule has 0 aliphatic rings. The van der Waals surface area contributed by atoms with Crippen molar-refractivity contribution in [3.8, 4) is 5.75 Å². The van der Waals surface area contributed by atoms with Crippen LogP contribution in [0.15, 0.2) is 36.4 Å². The highest BCUT2D eigenvalue weighted by Gasteiger charge is 2.29. The summed E-state index contributed by atoms with van der Waals surface area (Å²) in [5.41, 5.74) is 2.86. The van der Waals surface area contributed by atoms with Crippen molar-refractivity contribution in [2.45, 2.75) is 66.1 Å². The molecule has 2 atom stereocenters. The van der Waals surface area contributed by atoms with Gasteiger partial charge >= 0.3 is 0 Å². The van der Waals surface area contributed by atoms with Gasteiger partial charge in [0.05, 0.1) is 10.0 Å². The normalized spacial score (nSPS) is 12.7. The zero-order valence-electron chi connectivity index (χ0n) is 19.4. The van der Waals surface area contributed by atoms with Crippen molar-refractivity contribution in [1.82, 2.24) is 10.2 Å². The maximum atomic E-state index is 13.3. The van der Waals surface area contributed by atoms with Crippen LogP contribution < -0.4 is 10.1 Å². The first-order valence-corrected chi connectivity index (χ1v) is 11.7. The summed E-state index contributed by atoms with van der Waals surface area (Å²) in [5, 5.41) is 3.83. The van der Waals surface area contributed by atoms with E-state index in [2.05, 4.69) is 5.32 Å². The largest absolute Gasteiger partial charge is 0.483 e. The molecule has 1 N–H and O–H groups in total. The van der Waals surface area contributed by atoms with Gasteiger partial charge in [-0.2, -0.15) is 0 Å². The minimum Gasteiger partial charge on any atom is -0.483 e. The third-order valence-corrected chi connectivity index (χ3v) is 6.14. The van der Waals surface area contributed by atoms with Crippen LogP contribution >= 0.6 is 23.2 Å². The number of halogens is 2. The van der Waals surface area contributed by atoms with Crippen LogP contribution in [0.4, 0.5) is 0 Å². The lowest BCUT2D eigenvalue weighted by atomic mass is 10.1. The molecule has 0 fully saturated rings. The third-order valence-electron chi connectivity index (χ3n) is 5.41. The van der Waals surface area contributed by atoms with Crippen molar-refractivity contribution in [1.29, 1.82) is 0 Å². The number of rotatable bonds is 10. The molecule has 2 aromatic rings. The highest BCUT2D eigenvalue weighted by Crippen LogP contribution is 2.24. The van der Waals surface area contributed by atoms with Gasteiger partial charge in [-0.05, 0) is 62.9 Å². The van der Waals surface area contributed by atoms with Crippen LogP contribution in [-0.2, 0) is 16.1 Å². The average molecular weight is 479 g/mol. The first-order chi connectivity index (χ1) is 15.2. The predicted octanol–water partition coefficient (Wildman–Crippen LogP) is 5.71. The molecule has 32 heavy (non-hydrogen) atoms. The minimum absolute atomic E-state index is 0.0185. The average Bonchev–Trinajstić information content (AvgIpc) is 2.75. The standard InChI is InChI=1S/C25H32Cl2N2O3/c1-6-18(5)28-25(31)22(7-2)29(14-19-9-10-20(26)21(27)13-19)24(30)15-32-23-11-8-16(3)12-17(23)4/h8-13,18,22H,6-7,14-15H2,1-5H3,(H,28,31)/t18-,22-/m0/s1. The number of benzene rings is 2. The number of nitrogens with zero attached hydrogens (tertiary/aromatic N) is 1.